The second-order valence-corrected chi connectivity index (χ2v) is 10.8. The lowest BCUT2D eigenvalue weighted by molar-refractivity contribution is -0.206. The Morgan fingerprint density at radius 1 is 1.30 bits per heavy atom. The SMILES string of the molecule is CC(C)[C@]12O[C@@H]3C[C@H]4C5=C(CC[C@]4(C)[C@@]4(O[C@H]4[C@H]1Br)[C@]3(O)[C@@H]2O)C(=O)OC5. The summed E-state index contributed by atoms with van der Waals surface area (Å²) in [5.74, 6) is -0.141. The van der Waals surface area contributed by atoms with Crippen LogP contribution in [-0.2, 0) is 19.0 Å². The topological polar surface area (TPSA) is 88.5 Å². The Morgan fingerprint density at radius 2 is 2.04 bits per heavy atom. The standard InChI is InChI=1S/C20H25BrO6/c1-8(2)18-13(21)14-20(27-14)17(3)5-4-9-10(7-25-15(9)22)11(17)6-12(26-18)19(20,24)16(18)23/h8,11-14,16,23-24H,4-7H2,1-3H3/t11-,12+,13+,14-,16+,17-,18-,19+,20+/m0/s1. The molecule has 0 aromatic carbocycles. The average molecular weight is 441 g/mol. The quantitative estimate of drug-likeness (QED) is 0.364. The van der Waals surface area contributed by atoms with Crippen LogP contribution in [0.15, 0.2) is 11.1 Å². The maximum Gasteiger partial charge on any atom is 0.334 e. The van der Waals surface area contributed by atoms with Crippen molar-refractivity contribution < 1.29 is 29.2 Å². The van der Waals surface area contributed by atoms with Crippen molar-refractivity contribution in [2.45, 2.75) is 80.0 Å². The fourth-order valence-electron chi connectivity index (χ4n) is 7.51. The van der Waals surface area contributed by atoms with E-state index in [2.05, 4.69) is 22.9 Å². The zero-order valence-electron chi connectivity index (χ0n) is 15.7. The van der Waals surface area contributed by atoms with Gasteiger partial charge in [-0.05, 0) is 36.7 Å². The van der Waals surface area contributed by atoms with Crippen molar-refractivity contribution in [1.82, 2.24) is 0 Å². The minimum atomic E-state index is -1.43. The first kappa shape index (κ1) is 17.4. The van der Waals surface area contributed by atoms with Crippen LogP contribution in [0.3, 0.4) is 0 Å². The zero-order chi connectivity index (χ0) is 19.1. The third-order valence-electron chi connectivity index (χ3n) is 8.91. The van der Waals surface area contributed by atoms with Crippen LogP contribution in [0.2, 0.25) is 0 Å². The highest BCUT2D eigenvalue weighted by molar-refractivity contribution is 9.09. The molecule has 3 aliphatic heterocycles. The number of hydrogen-bond donors (Lipinski definition) is 2. The molecule has 0 unspecified atom stereocenters. The summed E-state index contributed by atoms with van der Waals surface area (Å²) >= 11 is 3.80. The van der Waals surface area contributed by atoms with Gasteiger partial charge in [0, 0.05) is 11.0 Å². The van der Waals surface area contributed by atoms with Crippen LogP contribution in [0.25, 0.3) is 0 Å². The minimum Gasteiger partial charge on any atom is -0.458 e. The van der Waals surface area contributed by atoms with Gasteiger partial charge < -0.3 is 24.4 Å². The molecule has 3 heterocycles. The van der Waals surface area contributed by atoms with E-state index in [1.807, 2.05) is 13.8 Å². The summed E-state index contributed by atoms with van der Waals surface area (Å²) in [4.78, 5) is 11.9. The number of esters is 1. The van der Waals surface area contributed by atoms with E-state index in [0.29, 0.717) is 19.4 Å². The first-order chi connectivity index (χ1) is 12.7. The second-order valence-electron chi connectivity index (χ2n) is 9.80. The summed E-state index contributed by atoms with van der Waals surface area (Å²) in [6, 6.07) is 0. The van der Waals surface area contributed by atoms with Gasteiger partial charge in [-0.3, -0.25) is 0 Å². The minimum absolute atomic E-state index is 0.00898. The van der Waals surface area contributed by atoms with Crippen molar-refractivity contribution in [3.8, 4) is 0 Å². The fraction of sp³-hybridized carbons (Fsp3) is 0.850. The van der Waals surface area contributed by atoms with Gasteiger partial charge >= 0.3 is 5.97 Å². The molecule has 6 nitrogen and oxygen atoms in total. The highest BCUT2D eigenvalue weighted by Gasteiger charge is 2.93. The van der Waals surface area contributed by atoms with Gasteiger partial charge in [0.2, 0.25) is 0 Å². The maximum absolute atomic E-state index is 12.1. The van der Waals surface area contributed by atoms with Crippen LogP contribution >= 0.6 is 15.9 Å². The Labute approximate surface area is 166 Å². The predicted molar refractivity (Wildman–Crippen MR) is 97.2 cm³/mol. The summed E-state index contributed by atoms with van der Waals surface area (Å²) in [5.41, 5.74) is -1.69. The molecule has 9 atom stereocenters. The number of carbonyl (C=O) groups is 1. The molecule has 2 saturated heterocycles. The van der Waals surface area contributed by atoms with Gasteiger partial charge in [-0.2, -0.15) is 0 Å². The lowest BCUT2D eigenvalue weighted by Gasteiger charge is -2.58. The monoisotopic (exact) mass is 440 g/mol. The third-order valence-corrected chi connectivity index (χ3v) is 10.1. The number of cyclic esters (lactones) is 1. The predicted octanol–water partition coefficient (Wildman–Crippen LogP) is 1.46. The number of alkyl halides is 1. The zero-order valence-corrected chi connectivity index (χ0v) is 17.3. The molecule has 148 valence electrons. The average Bonchev–Trinajstić information content (AvgIpc) is 3.23. The highest BCUT2D eigenvalue weighted by Crippen LogP contribution is 2.78. The van der Waals surface area contributed by atoms with Crippen LogP contribution in [0.4, 0.5) is 0 Å². The number of hydrogen-bond acceptors (Lipinski definition) is 6. The molecular weight excluding hydrogens is 416 g/mol. The molecule has 27 heavy (non-hydrogen) atoms. The van der Waals surface area contributed by atoms with Crippen LogP contribution in [-0.4, -0.2) is 62.7 Å². The molecule has 0 radical (unpaired) electrons. The number of aliphatic hydroxyl groups excluding tert-OH is 1. The Balaban J connectivity index is 1.56. The molecule has 4 fully saturated rings. The van der Waals surface area contributed by atoms with Crippen molar-refractivity contribution in [2.24, 2.45) is 17.3 Å². The molecule has 0 aromatic heterocycles. The van der Waals surface area contributed by atoms with Crippen LogP contribution < -0.4 is 0 Å². The number of rotatable bonds is 1. The van der Waals surface area contributed by atoms with E-state index in [9.17, 15) is 15.0 Å². The molecule has 2 saturated carbocycles. The van der Waals surface area contributed by atoms with Gasteiger partial charge in [0.1, 0.15) is 30.0 Å². The van der Waals surface area contributed by atoms with E-state index < -0.39 is 29.0 Å². The summed E-state index contributed by atoms with van der Waals surface area (Å²) in [5, 5.41) is 23.4. The number of carbonyl (C=O) groups excluding carboxylic acids is 1. The number of halogens is 1. The first-order valence-electron chi connectivity index (χ1n) is 9.95. The smallest absolute Gasteiger partial charge is 0.334 e. The normalized spacial score (nSPS) is 60.1. The highest BCUT2D eigenvalue weighted by atomic mass is 79.9. The van der Waals surface area contributed by atoms with Crippen molar-refractivity contribution in [1.29, 1.82) is 0 Å². The fourth-order valence-corrected chi connectivity index (χ4v) is 8.88. The number of ether oxygens (including phenoxy) is 3. The molecule has 1 spiro atoms. The number of fused-ring (bicyclic) bond motifs is 3. The first-order valence-corrected chi connectivity index (χ1v) is 10.9. The van der Waals surface area contributed by atoms with Gasteiger partial charge in [-0.15, -0.1) is 0 Å². The van der Waals surface area contributed by atoms with Crippen molar-refractivity contribution in [3.05, 3.63) is 11.1 Å². The molecular formula is C20H25BrO6. The summed E-state index contributed by atoms with van der Waals surface area (Å²) in [6.45, 7) is 6.53. The third kappa shape index (κ3) is 1.46. The maximum atomic E-state index is 12.1. The van der Waals surface area contributed by atoms with E-state index in [1.165, 1.54) is 0 Å². The van der Waals surface area contributed by atoms with Crippen LogP contribution in [0.5, 0.6) is 0 Å². The molecule has 3 aliphatic carbocycles. The molecule has 2 bridgehead atoms. The van der Waals surface area contributed by atoms with Crippen LogP contribution in [0.1, 0.15) is 40.0 Å². The van der Waals surface area contributed by atoms with E-state index in [0.717, 1.165) is 17.6 Å². The summed E-state index contributed by atoms with van der Waals surface area (Å²) in [6.07, 6.45) is 0.185. The Kier molecular flexibility index (Phi) is 2.99. The van der Waals surface area contributed by atoms with Crippen molar-refractivity contribution >= 4 is 21.9 Å². The van der Waals surface area contributed by atoms with E-state index >= 15 is 0 Å². The van der Waals surface area contributed by atoms with Gasteiger partial charge in [0.25, 0.3) is 0 Å². The van der Waals surface area contributed by atoms with Crippen molar-refractivity contribution in [2.75, 3.05) is 6.61 Å². The van der Waals surface area contributed by atoms with Gasteiger partial charge in [0.15, 0.2) is 5.60 Å². The summed E-state index contributed by atoms with van der Waals surface area (Å²) < 4.78 is 18.3. The van der Waals surface area contributed by atoms with Gasteiger partial charge in [-0.25, -0.2) is 4.79 Å². The van der Waals surface area contributed by atoms with Gasteiger partial charge in [0.05, 0.1) is 10.9 Å². The number of epoxide rings is 1. The Hall–Kier alpha value is -0.470. The molecule has 6 aliphatic rings. The van der Waals surface area contributed by atoms with Gasteiger partial charge in [-0.1, -0.05) is 36.7 Å². The molecule has 2 N–H and O–H groups in total. The number of aliphatic hydroxyl groups is 2. The molecule has 0 aromatic rings. The summed E-state index contributed by atoms with van der Waals surface area (Å²) in [7, 11) is 0. The van der Waals surface area contributed by atoms with Crippen LogP contribution in [0, 0.1) is 17.3 Å². The van der Waals surface area contributed by atoms with Crippen molar-refractivity contribution in [3.63, 3.8) is 0 Å². The largest absolute Gasteiger partial charge is 0.458 e. The molecule has 0 amide bonds. The van der Waals surface area contributed by atoms with E-state index in [-0.39, 0.29) is 34.2 Å². The Bertz CT molecular complexity index is 810. The second kappa shape index (κ2) is 4.64. The van der Waals surface area contributed by atoms with E-state index in [4.69, 9.17) is 14.2 Å². The lowest BCUT2D eigenvalue weighted by Crippen LogP contribution is -2.76. The lowest BCUT2D eigenvalue weighted by atomic mass is 9.45. The van der Waals surface area contributed by atoms with E-state index in [1.54, 1.807) is 0 Å². The Morgan fingerprint density at radius 3 is 2.74 bits per heavy atom. The molecule has 7 heteroatoms. The molecule has 6 rings (SSSR count).